The molecule has 0 aromatic rings. The van der Waals surface area contributed by atoms with E-state index < -0.39 is 0 Å². The van der Waals surface area contributed by atoms with Gasteiger partial charge >= 0.3 is 0 Å². The molecule has 40 valence electrons. The highest BCUT2D eigenvalue weighted by Crippen LogP contribution is 1.72. The van der Waals surface area contributed by atoms with Gasteiger partial charge in [-0.05, 0) is 26.7 Å². The molecule has 0 fully saturated rings. The van der Waals surface area contributed by atoms with Gasteiger partial charge in [-0.3, -0.25) is 0 Å². The lowest BCUT2D eigenvalue weighted by Crippen LogP contribution is -1.77. The first-order valence-electron chi connectivity index (χ1n) is 1.94. The Morgan fingerprint density at radius 2 is 2.14 bits per heavy atom. The first-order chi connectivity index (χ1) is 3.27. The molecule has 0 aromatic heterocycles. The molecule has 0 radical (unpaired) electrons. The number of nitrogens with zero attached hydrogens (tertiary/aromatic N) is 2. The van der Waals surface area contributed by atoms with Crippen molar-refractivity contribution in [2.75, 3.05) is 0 Å². The zero-order valence-electron chi connectivity index (χ0n) is 4.42. The molecule has 0 bridgehead atoms. The average Bonchev–Trinajstić information content (AvgIpc) is 1.61. The smallest absolute Gasteiger partial charge is 0.123 e. The van der Waals surface area contributed by atoms with Crippen molar-refractivity contribution in [2.24, 2.45) is 9.39 Å². The first-order valence-corrected chi connectivity index (χ1v) is 2.34. The maximum Gasteiger partial charge on any atom is 0.123 e. The quantitative estimate of drug-likeness (QED) is 0.304. The van der Waals surface area contributed by atoms with Gasteiger partial charge in [-0.2, -0.15) is 0 Å². The van der Waals surface area contributed by atoms with Crippen molar-refractivity contribution in [3.05, 3.63) is 0 Å². The Balaban J connectivity index is 3.46. The van der Waals surface area contributed by atoms with Gasteiger partial charge in [0.2, 0.25) is 0 Å². The molecular formula is C4H8N2S. The lowest BCUT2D eigenvalue weighted by atomic mass is 10.5. The van der Waals surface area contributed by atoms with E-state index in [9.17, 15) is 0 Å². The number of aliphatic imine (C=N–C) groups is 1. The Labute approximate surface area is 48.9 Å². The molecule has 0 heterocycles. The van der Waals surface area contributed by atoms with Crippen molar-refractivity contribution >= 4 is 24.9 Å². The summed E-state index contributed by atoms with van der Waals surface area (Å²) in [6.45, 7) is 3.80. The maximum atomic E-state index is 3.79. The zero-order valence-corrected chi connectivity index (χ0v) is 5.31. The molecule has 0 aromatic carbocycles. The van der Waals surface area contributed by atoms with Gasteiger partial charge < -0.3 is 0 Å². The second kappa shape index (κ2) is 3.87. The SMILES string of the molecule is CC(C)=N/C=N\S. The van der Waals surface area contributed by atoms with Crippen molar-refractivity contribution in [2.45, 2.75) is 13.8 Å². The second-order valence-corrected chi connectivity index (χ2v) is 1.54. The standard InChI is InChI=1S/C4H8N2S/c1-4(2)5-3-6-7/h3,7H,1-2H3/b6-3-. The van der Waals surface area contributed by atoms with Crippen LogP contribution in [0, 0.1) is 0 Å². The fourth-order valence-electron chi connectivity index (χ4n) is 0.141. The summed E-state index contributed by atoms with van der Waals surface area (Å²) in [7, 11) is 0. The van der Waals surface area contributed by atoms with Crippen LogP contribution in [0.15, 0.2) is 9.39 Å². The van der Waals surface area contributed by atoms with Crippen LogP contribution in [-0.2, 0) is 0 Å². The minimum atomic E-state index is 0.984. The minimum absolute atomic E-state index is 0.984. The number of thiol groups is 1. The Hall–Kier alpha value is -0.310. The number of rotatable bonds is 1. The number of hydrogen-bond acceptors (Lipinski definition) is 2. The minimum Gasteiger partial charge on any atom is -0.246 e. The van der Waals surface area contributed by atoms with Gasteiger partial charge in [0, 0.05) is 5.71 Å². The molecule has 2 nitrogen and oxygen atoms in total. The molecule has 0 saturated carbocycles. The largest absolute Gasteiger partial charge is 0.246 e. The average molecular weight is 116 g/mol. The fourth-order valence-corrected chi connectivity index (χ4v) is 0.193. The highest BCUT2D eigenvalue weighted by Gasteiger charge is 1.67. The van der Waals surface area contributed by atoms with E-state index in [4.69, 9.17) is 0 Å². The molecule has 0 N–H and O–H groups in total. The first kappa shape index (κ1) is 6.69. The van der Waals surface area contributed by atoms with Gasteiger partial charge in [0.25, 0.3) is 0 Å². The van der Waals surface area contributed by atoms with Crippen molar-refractivity contribution in [1.82, 2.24) is 0 Å². The van der Waals surface area contributed by atoms with E-state index in [0.29, 0.717) is 0 Å². The third kappa shape index (κ3) is 5.69. The summed E-state index contributed by atoms with van der Waals surface area (Å²) in [5.41, 5.74) is 0.984. The van der Waals surface area contributed by atoms with E-state index in [2.05, 4.69) is 22.2 Å². The highest BCUT2D eigenvalue weighted by molar-refractivity contribution is 7.78. The van der Waals surface area contributed by atoms with Crippen LogP contribution in [0.2, 0.25) is 0 Å². The molecule has 7 heavy (non-hydrogen) atoms. The van der Waals surface area contributed by atoms with Crippen LogP contribution in [0.1, 0.15) is 13.8 Å². The predicted octanol–water partition coefficient (Wildman–Crippen LogP) is 1.34. The maximum absolute atomic E-state index is 3.79. The predicted molar refractivity (Wildman–Crippen MR) is 36.3 cm³/mol. The van der Waals surface area contributed by atoms with Gasteiger partial charge in [0.1, 0.15) is 6.34 Å². The van der Waals surface area contributed by atoms with Crippen LogP contribution in [-0.4, -0.2) is 12.1 Å². The van der Waals surface area contributed by atoms with Crippen LogP contribution in [0.3, 0.4) is 0 Å². The van der Waals surface area contributed by atoms with E-state index in [1.165, 1.54) is 6.34 Å². The van der Waals surface area contributed by atoms with Crippen molar-refractivity contribution < 1.29 is 0 Å². The van der Waals surface area contributed by atoms with E-state index >= 15 is 0 Å². The van der Waals surface area contributed by atoms with Gasteiger partial charge in [0.05, 0.1) is 0 Å². The van der Waals surface area contributed by atoms with Gasteiger partial charge in [-0.1, -0.05) is 0 Å². The molecule has 0 spiro atoms. The van der Waals surface area contributed by atoms with Crippen LogP contribution in [0.4, 0.5) is 0 Å². The molecule has 0 unspecified atom stereocenters. The van der Waals surface area contributed by atoms with Crippen molar-refractivity contribution in [1.29, 1.82) is 0 Å². The summed E-state index contributed by atoms with van der Waals surface area (Å²) < 4.78 is 3.36. The summed E-state index contributed by atoms with van der Waals surface area (Å²) in [5.74, 6) is 0. The molecule has 0 aliphatic carbocycles. The highest BCUT2D eigenvalue weighted by atomic mass is 32.1. The fraction of sp³-hybridized carbons (Fsp3) is 0.500. The third-order valence-electron chi connectivity index (χ3n) is 0.368. The molecule has 0 aliphatic heterocycles. The lowest BCUT2D eigenvalue weighted by Gasteiger charge is -1.76. The van der Waals surface area contributed by atoms with Gasteiger partial charge in [-0.25, -0.2) is 9.39 Å². The third-order valence-corrected chi connectivity index (χ3v) is 0.471. The molecular weight excluding hydrogens is 108 g/mol. The molecule has 3 heteroatoms. The molecule has 0 rings (SSSR count). The zero-order chi connectivity index (χ0) is 5.70. The summed E-state index contributed by atoms with van der Waals surface area (Å²) in [5, 5.41) is 0. The molecule has 0 saturated heterocycles. The van der Waals surface area contributed by atoms with Crippen LogP contribution in [0.25, 0.3) is 0 Å². The molecule has 0 atom stereocenters. The Morgan fingerprint density at radius 3 is 2.29 bits per heavy atom. The topological polar surface area (TPSA) is 24.7 Å². The van der Waals surface area contributed by atoms with E-state index in [0.717, 1.165) is 5.71 Å². The summed E-state index contributed by atoms with van der Waals surface area (Å²) >= 11 is 3.56. The summed E-state index contributed by atoms with van der Waals surface area (Å²) in [4.78, 5) is 3.79. The van der Waals surface area contributed by atoms with E-state index in [1.54, 1.807) is 0 Å². The van der Waals surface area contributed by atoms with E-state index in [1.807, 2.05) is 13.8 Å². The van der Waals surface area contributed by atoms with Crippen molar-refractivity contribution in [3.8, 4) is 0 Å². The molecule has 0 amide bonds. The van der Waals surface area contributed by atoms with E-state index in [-0.39, 0.29) is 0 Å². The van der Waals surface area contributed by atoms with Crippen molar-refractivity contribution in [3.63, 3.8) is 0 Å². The summed E-state index contributed by atoms with van der Waals surface area (Å²) in [6, 6.07) is 0. The normalized spacial score (nSPS) is 9.57. The monoisotopic (exact) mass is 116 g/mol. The summed E-state index contributed by atoms with van der Waals surface area (Å²) in [6.07, 6.45) is 1.40. The Kier molecular flexibility index (Phi) is 3.69. The Bertz CT molecular complexity index is 91.9. The lowest BCUT2D eigenvalue weighted by molar-refractivity contribution is 1.61. The Morgan fingerprint density at radius 1 is 1.57 bits per heavy atom. The number of hydrogen-bond donors (Lipinski definition) is 1. The van der Waals surface area contributed by atoms with Crippen LogP contribution in [0.5, 0.6) is 0 Å². The van der Waals surface area contributed by atoms with Gasteiger partial charge in [0.15, 0.2) is 0 Å². The second-order valence-electron chi connectivity index (χ2n) is 1.31. The van der Waals surface area contributed by atoms with Gasteiger partial charge in [-0.15, -0.1) is 0 Å². The van der Waals surface area contributed by atoms with Crippen LogP contribution >= 0.6 is 12.8 Å². The van der Waals surface area contributed by atoms with Crippen LogP contribution < -0.4 is 0 Å². The molecule has 0 aliphatic rings.